The van der Waals surface area contributed by atoms with Gasteiger partial charge in [0.15, 0.2) is 0 Å². The molecule has 3 heterocycles. The van der Waals surface area contributed by atoms with Crippen LogP contribution < -0.4 is 10.1 Å². The summed E-state index contributed by atoms with van der Waals surface area (Å²) in [6, 6.07) is 6.21. The number of imide groups is 1. The van der Waals surface area contributed by atoms with Crippen LogP contribution in [0, 0.1) is 5.92 Å². The number of nitrogens with one attached hydrogen (secondary N) is 1. The van der Waals surface area contributed by atoms with Gasteiger partial charge in [-0.3, -0.25) is 24.6 Å². The highest BCUT2D eigenvalue weighted by Gasteiger charge is 2.45. The first-order valence-corrected chi connectivity index (χ1v) is 10.7. The van der Waals surface area contributed by atoms with Crippen LogP contribution in [0.25, 0.3) is 0 Å². The molecule has 4 aliphatic rings. The number of hydrogen-bond donors (Lipinski definition) is 1. The largest absolute Gasteiger partial charge is 0.492 e. The summed E-state index contributed by atoms with van der Waals surface area (Å²) in [5, 5.41) is 2.34. The molecule has 1 aromatic carbocycles. The molecule has 5 rings (SSSR count). The first kappa shape index (κ1) is 18.6. The molecule has 2 bridgehead atoms. The van der Waals surface area contributed by atoms with E-state index in [1.165, 1.54) is 19.3 Å². The van der Waals surface area contributed by atoms with Crippen molar-refractivity contribution in [2.24, 2.45) is 5.92 Å². The second-order valence-corrected chi connectivity index (χ2v) is 8.65. The van der Waals surface area contributed by atoms with E-state index in [2.05, 4.69) is 17.1 Å². The zero-order chi connectivity index (χ0) is 20.1. The summed E-state index contributed by atoms with van der Waals surface area (Å²) in [7, 11) is 0. The first-order valence-electron chi connectivity index (χ1n) is 10.7. The third kappa shape index (κ3) is 3.12. The van der Waals surface area contributed by atoms with Crippen molar-refractivity contribution in [1.29, 1.82) is 0 Å². The minimum absolute atomic E-state index is 0.147. The Morgan fingerprint density at radius 3 is 2.83 bits per heavy atom. The van der Waals surface area contributed by atoms with Gasteiger partial charge in [0.25, 0.3) is 5.91 Å². The summed E-state index contributed by atoms with van der Waals surface area (Å²) in [5.41, 5.74) is 1.51. The number of carbonyl (C=O) groups excluding carboxylic acids is 3. The molecular formula is C22H27N3O4. The Bertz CT molecular complexity index is 870. The van der Waals surface area contributed by atoms with Crippen LogP contribution in [0.4, 0.5) is 0 Å². The third-order valence-corrected chi connectivity index (χ3v) is 7.17. The standard InChI is InChI=1S/C22H27N3O4/c1-2-24-15-4-3-13(9-15)19(24)12-29-16-5-6-17-14(10-16)11-25(22(17)28)18-7-8-20(26)23-21(18)27/h5-6,10,13,15,18-19H,2-4,7-9,11-12H2,1H3,(H,23,26,27)/t13-,15+,18?,19-/m1/s1. The molecule has 7 nitrogen and oxygen atoms in total. The Morgan fingerprint density at radius 1 is 1.17 bits per heavy atom. The fraction of sp³-hybridized carbons (Fsp3) is 0.591. The van der Waals surface area contributed by atoms with Gasteiger partial charge in [-0.1, -0.05) is 6.92 Å². The van der Waals surface area contributed by atoms with Crippen molar-refractivity contribution >= 4 is 17.7 Å². The smallest absolute Gasteiger partial charge is 0.255 e. The fourth-order valence-corrected chi connectivity index (χ4v) is 5.73. The molecule has 1 N–H and O–H groups in total. The SMILES string of the molecule is CCN1[C@H]2CC[C@H](C2)[C@H]1COc1ccc2c(c1)CN(C1CCC(=O)NC1=O)C2=O. The first-order chi connectivity index (χ1) is 14.0. The molecule has 1 aromatic rings. The molecular weight excluding hydrogens is 370 g/mol. The van der Waals surface area contributed by atoms with E-state index in [9.17, 15) is 14.4 Å². The van der Waals surface area contributed by atoms with E-state index in [-0.39, 0.29) is 24.1 Å². The molecule has 0 radical (unpaired) electrons. The van der Waals surface area contributed by atoms with Crippen LogP contribution in [0.1, 0.15) is 54.9 Å². The number of benzene rings is 1. The van der Waals surface area contributed by atoms with Crippen molar-refractivity contribution < 1.29 is 19.1 Å². The highest BCUT2D eigenvalue weighted by atomic mass is 16.5. The molecule has 0 spiro atoms. The zero-order valence-corrected chi connectivity index (χ0v) is 16.7. The van der Waals surface area contributed by atoms with Crippen LogP contribution >= 0.6 is 0 Å². The van der Waals surface area contributed by atoms with Gasteiger partial charge in [0.05, 0.1) is 0 Å². The Labute approximate surface area is 170 Å². The molecule has 3 fully saturated rings. The molecule has 1 aliphatic carbocycles. The number of ether oxygens (including phenoxy) is 1. The van der Waals surface area contributed by atoms with Gasteiger partial charge in [-0.15, -0.1) is 0 Å². The van der Waals surface area contributed by atoms with E-state index in [0.29, 0.717) is 31.2 Å². The summed E-state index contributed by atoms with van der Waals surface area (Å²) in [5.74, 6) is 0.716. The highest BCUT2D eigenvalue weighted by Crippen LogP contribution is 2.42. The van der Waals surface area contributed by atoms with Crippen molar-refractivity contribution in [1.82, 2.24) is 15.1 Å². The topological polar surface area (TPSA) is 79.0 Å². The van der Waals surface area contributed by atoms with Crippen molar-refractivity contribution in [3.63, 3.8) is 0 Å². The molecule has 154 valence electrons. The third-order valence-electron chi connectivity index (χ3n) is 7.17. The van der Waals surface area contributed by atoms with Gasteiger partial charge >= 0.3 is 0 Å². The van der Waals surface area contributed by atoms with Crippen LogP contribution in [0.2, 0.25) is 0 Å². The minimum atomic E-state index is -0.580. The van der Waals surface area contributed by atoms with Crippen molar-refractivity contribution in [3.05, 3.63) is 29.3 Å². The molecule has 1 unspecified atom stereocenters. The van der Waals surface area contributed by atoms with Gasteiger partial charge in [0.1, 0.15) is 18.4 Å². The maximum absolute atomic E-state index is 12.8. The van der Waals surface area contributed by atoms with Gasteiger partial charge < -0.3 is 9.64 Å². The quantitative estimate of drug-likeness (QED) is 0.765. The predicted molar refractivity (Wildman–Crippen MR) is 105 cm³/mol. The summed E-state index contributed by atoms with van der Waals surface area (Å²) in [6.45, 7) is 4.35. The summed E-state index contributed by atoms with van der Waals surface area (Å²) < 4.78 is 6.16. The number of rotatable bonds is 5. The average molecular weight is 397 g/mol. The zero-order valence-electron chi connectivity index (χ0n) is 16.7. The molecule has 0 aromatic heterocycles. The molecule has 3 amide bonds. The van der Waals surface area contributed by atoms with E-state index in [4.69, 9.17) is 4.74 Å². The van der Waals surface area contributed by atoms with E-state index in [0.717, 1.165) is 29.8 Å². The number of hydrogen-bond acceptors (Lipinski definition) is 5. The molecule has 7 heteroatoms. The summed E-state index contributed by atoms with van der Waals surface area (Å²) in [6.07, 6.45) is 4.55. The van der Waals surface area contributed by atoms with E-state index in [1.807, 2.05) is 12.1 Å². The number of likely N-dealkylation sites (tertiary alicyclic amines) is 1. The minimum Gasteiger partial charge on any atom is -0.492 e. The van der Waals surface area contributed by atoms with Gasteiger partial charge in [0, 0.05) is 30.6 Å². The van der Waals surface area contributed by atoms with E-state index < -0.39 is 6.04 Å². The van der Waals surface area contributed by atoms with Gasteiger partial charge in [-0.25, -0.2) is 0 Å². The molecule has 2 saturated heterocycles. The fourth-order valence-electron chi connectivity index (χ4n) is 5.73. The molecule has 3 aliphatic heterocycles. The second-order valence-electron chi connectivity index (χ2n) is 8.65. The van der Waals surface area contributed by atoms with E-state index >= 15 is 0 Å². The van der Waals surface area contributed by atoms with Crippen LogP contribution in [-0.4, -0.2) is 58.8 Å². The van der Waals surface area contributed by atoms with Gasteiger partial charge in [0.2, 0.25) is 11.8 Å². The van der Waals surface area contributed by atoms with Crippen LogP contribution in [-0.2, 0) is 16.1 Å². The van der Waals surface area contributed by atoms with Crippen LogP contribution in [0.15, 0.2) is 18.2 Å². The number of fused-ring (bicyclic) bond motifs is 3. The Morgan fingerprint density at radius 2 is 2.03 bits per heavy atom. The van der Waals surface area contributed by atoms with Crippen LogP contribution in [0.5, 0.6) is 5.75 Å². The monoisotopic (exact) mass is 397 g/mol. The highest BCUT2D eigenvalue weighted by molar-refractivity contribution is 6.05. The summed E-state index contributed by atoms with van der Waals surface area (Å²) >= 11 is 0. The van der Waals surface area contributed by atoms with E-state index in [1.54, 1.807) is 11.0 Å². The lowest BCUT2D eigenvalue weighted by Gasteiger charge is -2.34. The lowest BCUT2D eigenvalue weighted by atomic mass is 9.99. The number of amides is 3. The number of likely N-dealkylation sites (N-methyl/N-ethyl adjacent to an activating group) is 1. The van der Waals surface area contributed by atoms with Gasteiger partial charge in [-0.05, 0) is 61.9 Å². The van der Waals surface area contributed by atoms with Crippen molar-refractivity contribution in [2.75, 3.05) is 13.2 Å². The average Bonchev–Trinajstić information content (AvgIpc) is 3.40. The Hall–Kier alpha value is -2.41. The molecule has 1 saturated carbocycles. The number of piperidine rings is 2. The van der Waals surface area contributed by atoms with Gasteiger partial charge in [-0.2, -0.15) is 0 Å². The summed E-state index contributed by atoms with van der Waals surface area (Å²) in [4.78, 5) is 40.5. The lowest BCUT2D eigenvalue weighted by molar-refractivity contribution is -0.136. The normalized spacial score (nSPS) is 31.3. The molecule has 29 heavy (non-hydrogen) atoms. The maximum Gasteiger partial charge on any atom is 0.255 e. The Balaban J connectivity index is 1.26. The maximum atomic E-state index is 12.8. The number of carbonyl (C=O) groups is 3. The lowest BCUT2D eigenvalue weighted by Crippen LogP contribution is -2.52. The van der Waals surface area contributed by atoms with Crippen LogP contribution in [0.3, 0.4) is 0 Å². The molecule has 4 atom stereocenters. The van der Waals surface area contributed by atoms with Crippen molar-refractivity contribution in [2.45, 2.75) is 63.7 Å². The van der Waals surface area contributed by atoms with Crippen molar-refractivity contribution in [3.8, 4) is 5.75 Å². The second kappa shape index (κ2) is 7.13. The number of nitrogens with zero attached hydrogens (tertiary/aromatic N) is 2. The Kier molecular flexibility index (Phi) is 4.57. The predicted octanol–water partition coefficient (Wildman–Crippen LogP) is 1.70.